The number of fused-ring (bicyclic) bond motifs is 1. The van der Waals surface area contributed by atoms with E-state index in [4.69, 9.17) is 5.73 Å². The average molecular weight is 449 g/mol. The molecule has 0 saturated carbocycles. The molecule has 5 rings (SSSR count). The van der Waals surface area contributed by atoms with Crippen LogP contribution >= 0.6 is 0 Å². The third-order valence-electron chi connectivity index (χ3n) is 5.67. The van der Waals surface area contributed by atoms with Crippen molar-refractivity contribution in [1.82, 2.24) is 9.88 Å². The van der Waals surface area contributed by atoms with Crippen molar-refractivity contribution in [2.75, 3.05) is 6.54 Å². The minimum absolute atomic E-state index is 0.618. The largest absolute Gasteiger partial charge is 0.699 e. The fourth-order valence-corrected chi connectivity index (χ4v) is 3.94. The van der Waals surface area contributed by atoms with Crippen LogP contribution in [0.3, 0.4) is 0 Å². The molecule has 0 unspecified atom stereocenters. The Bertz CT molecular complexity index is 1150. The number of aromatic amines is 1. The Labute approximate surface area is 191 Å². The Hall–Kier alpha value is -3.51. The second-order valence-corrected chi connectivity index (χ2v) is 8.08. The van der Waals surface area contributed by atoms with Crippen LogP contribution in [0, 0.1) is 0 Å². The lowest BCUT2D eigenvalue weighted by Gasteiger charge is -2.29. The highest BCUT2D eigenvalue weighted by molar-refractivity contribution is 5.63. The molecule has 0 saturated heterocycles. The molecule has 0 fully saturated rings. The predicted octanol–water partition coefficient (Wildman–Crippen LogP) is 7.63. The zero-order valence-electron chi connectivity index (χ0n) is 18.1. The number of halogens is 3. The van der Waals surface area contributed by atoms with Gasteiger partial charge in [-0.05, 0) is 52.9 Å². The summed E-state index contributed by atoms with van der Waals surface area (Å²) in [5, 5.41) is 0. The Balaban J connectivity index is 0.000000157. The molecule has 0 atom stereocenters. The SMILES string of the molecule is FC(F)(F)c1ccc(-c2ccccc2)cc1.[NH-]c1ccc2c(c1)CCN(Cc1ccc[nH]1)C2. The van der Waals surface area contributed by atoms with Crippen molar-refractivity contribution in [2.24, 2.45) is 0 Å². The molecule has 0 bridgehead atoms. The second kappa shape index (κ2) is 9.96. The number of hydrogen-bond donors (Lipinski definition) is 1. The first kappa shape index (κ1) is 22.7. The summed E-state index contributed by atoms with van der Waals surface area (Å²) < 4.78 is 37.0. The van der Waals surface area contributed by atoms with Crippen molar-refractivity contribution in [3.8, 4) is 11.1 Å². The molecular weight excluding hydrogens is 423 g/mol. The monoisotopic (exact) mass is 448 g/mol. The fraction of sp³-hybridized carbons (Fsp3) is 0.185. The normalized spacial score (nSPS) is 13.7. The molecule has 33 heavy (non-hydrogen) atoms. The molecule has 0 spiro atoms. The molecule has 3 aromatic carbocycles. The summed E-state index contributed by atoms with van der Waals surface area (Å²) in [4.78, 5) is 5.69. The molecular formula is C27H25F3N3-. The molecule has 2 N–H and O–H groups in total. The summed E-state index contributed by atoms with van der Waals surface area (Å²) in [6.45, 7) is 3.05. The van der Waals surface area contributed by atoms with Crippen LogP contribution in [0.5, 0.6) is 0 Å². The summed E-state index contributed by atoms with van der Waals surface area (Å²) in [7, 11) is 0. The zero-order valence-corrected chi connectivity index (χ0v) is 18.1. The number of aromatic nitrogens is 1. The third kappa shape index (κ3) is 6.05. The standard InChI is InChI=1S/C14H16N3.C13H9F3/c15-13-4-3-12-9-17(7-5-11(12)8-13)10-14-2-1-6-16-14;14-13(15,16)12-8-6-11(7-9-12)10-4-2-1-3-5-10/h1-4,6,8,15-16H,5,7,9-10H2;1-9H/q-1;. The topological polar surface area (TPSA) is 42.8 Å². The molecule has 1 aliphatic heterocycles. The maximum Gasteiger partial charge on any atom is 0.416 e. The van der Waals surface area contributed by atoms with Crippen molar-refractivity contribution in [3.63, 3.8) is 0 Å². The van der Waals surface area contributed by atoms with Gasteiger partial charge in [0.25, 0.3) is 0 Å². The molecule has 2 heterocycles. The number of nitrogens with zero attached hydrogens (tertiary/aromatic N) is 1. The van der Waals surface area contributed by atoms with Crippen LogP contribution in [0.1, 0.15) is 22.4 Å². The second-order valence-electron chi connectivity index (χ2n) is 8.08. The molecule has 0 radical (unpaired) electrons. The van der Waals surface area contributed by atoms with Gasteiger partial charge in [0.15, 0.2) is 0 Å². The van der Waals surface area contributed by atoms with Gasteiger partial charge in [0.2, 0.25) is 0 Å². The van der Waals surface area contributed by atoms with Crippen LogP contribution < -0.4 is 0 Å². The van der Waals surface area contributed by atoms with Gasteiger partial charge in [-0.2, -0.15) is 13.2 Å². The summed E-state index contributed by atoms with van der Waals surface area (Å²) >= 11 is 0. The summed E-state index contributed by atoms with van der Waals surface area (Å²) in [5.74, 6) is 0. The maximum absolute atomic E-state index is 12.3. The Kier molecular flexibility index (Phi) is 6.84. The Morgan fingerprint density at radius 1 is 0.818 bits per heavy atom. The van der Waals surface area contributed by atoms with Gasteiger partial charge in [0.1, 0.15) is 0 Å². The lowest BCUT2D eigenvalue weighted by atomic mass is 9.99. The van der Waals surface area contributed by atoms with Gasteiger partial charge in [-0.1, -0.05) is 60.7 Å². The highest BCUT2D eigenvalue weighted by atomic mass is 19.4. The average Bonchev–Trinajstić information content (AvgIpc) is 3.33. The van der Waals surface area contributed by atoms with E-state index in [0.717, 1.165) is 49.3 Å². The molecule has 1 aliphatic rings. The van der Waals surface area contributed by atoms with E-state index in [2.05, 4.69) is 22.0 Å². The van der Waals surface area contributed by atoms with E-state index < -0.39 is 11.7 Å². The van der Waals surface area contributed by atoms with E-state index in [1.807, 2.05) is 54.7 Å². The molecule has 0 aliphatic carbocycles. The smallest absolute Gasteiger partial charge is 0.416 e. The van der Waals surface area contributed by atoms with Crippen molar-refractivity contribution < 1.29 is 13.2 Å². The van der Waals surface area contributed by atoms with Crippen LogP contribution in [0.25, 0.3) is 16.9 Å². The number of alkyl halides is 3. The van der Waals surface area contributed by atoms with Gasteiger partial charge in [0.05, 0.1) is 5.56 Å². The van der Waals surface area contributed by atoms with E-state index in [-0.39, 0.29) is 0 Å². The van der Waals surface area contributed by atoms with Gasteiger partial charge in [-0.25, -0.2) is 0 Å². The van der Waals surface area contributed by atoms with Crippen molar-refractivity contribution >= 4 is 5.69 Å². The van der Waals surface area contributed by atoms with Crippen LogP contribution in [0.15, 0.2) is 91.1 Å². The number of rotatable bonds is 3. The molecule has 0 amide bonds. The third-order valence-corrected chi connectivity index (χ3v) is 5.67. The highest BCUT2D eigenvalue weighted by Crippen LogP contribution is 2.31. The Morgan fingerprint density at radius 2 is 1.55 bits per heavy atom. The zero-order chi connectivity index (χ0) is 23.3. The van der Waals surface area contributed by atoms with Crippen LogP contribution in [-0.2, 0) is 25.7 Å². The molecule has 6 heteroatoms. The van der Waals surface area contributed by atoms with E-state index in [1.54, 1.807) is 0 Å². The van der Waals surface area contributed by atoms with Gasteiger partial charge >= 0.3 is 6.18 Å². The molecule has 1 aromatic heterocycles. The molecule has 3 nitrogen and oxygen atoms in total. The highest BCUT2D eigenvalue weighted by Gasteiger charge is 2.29. The van der Waals surface area contributed by atoms with E-state index in [1.165, 1.54) is 29.0 Å². The quantitative estimate of drug-likeness (QED) is 0.344. The van der Waals surface area contributed by atoms with E-state index in [0.29, 0.717) is 5.69 Å². The van der Waals surface area contributed by atoms with Gasteiger partial charge in [-0.3, -0.25) is 4.90 Å². The van der Waals surface area contributed by atoms with Crippen molar-refractivity contribution in [3.05, 3.63) is 119 Å². The number of nitrogens with one attached hydrogen (secondary N) is 2. The summed E-state index contributed by atoms with van der Waals surface area (Å²) in [6, 6.07) is 24.6. The minimum Gasteiger partial charge on any atom is -0.699 e. The van der Waals surface area contributed by atoms with Crippen molar-refractivity contribution in [2.45, 2.75) is 25.7 Å². The van der Waals surface area contributed by atoms with Gasteiger partial charge < -0.3 is 10.7 Å². The maximum atomic E-state index is 12.3. The Morgan fingerprint density at radius 3 is 2.21 bits per heavy atom. The first-order valence-electron chi connectivity index (χ1n) is 10.8. The first-order chi connectivity index (χ1) is 15.9. The minimum atomic E-state index is -4.27. The van der Waals surface area contributed by atoms with Crippen LogP contribution in [0.2, 0.25) is 0 Å². The summed E-state index contributed by atoms with van der Waals surface area (Å²) in [6.07, 6.45) is -1.24. The molecule has 170 valence electrons. The summed E-state index contributed by atoms with van der Waals surface area (Å²) in [5.41, 5.74) is 13.3. The predicted molar refractivity (Wildman–Crippen MR) is 126 cm³/mol. The van der Waals surface area contributed by atoms with Crippen LogP contribution in [0.4, 0.5) is 18.9 Å². The van der Waals surface area contributed by atoms with Gasteiger partial charge in [0, 0.05) is 31.5 Å². The first-order valence-corrected chi connectivity index (χ1v) is 10.8. The number of hydrogen-bond acceptors (Lipinski definition) is 1. The molecule has 4 aromatic rings. The fourth-order valence-electron chi connectivity index (χ4n) is 3.94. The van der Waals surface area contributed by atoms with Crippen LogP contribution in [-0.4, -0.2) is 16.4 Å². The van der Waals surface area contributed by atoms with E-state index in [9.17, 15) is 13.2 Å². The number of H-pyrrole nitrogens is 1. The van der Waals surface area contributed by atoms with Gasteiger partial charge in [-0.15, -0.1) is 5.69 Å². The lowest BCUT2D eigenvalue weighted by Crippen LogP contribution is -2.30. The number of benzene rings is 3. The lowest BCUT2D eigenvalue weighted by molar-refractivity contribution is -0.137. The van der Waals surface area contributed by atoms with Crippen molar-refractivity contribution in [1.29, 1.82) is 0 Å². The van der Waals surface area contributed by atoms with E-state index >= 15 is 0 Å².